The molecule has 0 aliphatic rings. The van der Waals surface area contributed by atoms with E-state index in [1.165, 1.54) is 12.1 Å². The van der Waals surface area contributed by atoms with E-state index in [-0.39, 0.29) is 5.82 Å². The summed E-state index contributed by atoms with van der Waals surface area (Å²) >= 11 is 0. The molecule has 0 aliphatic heterocycles. The number of aryl methyl sites for hydroxylation is 2. The Bertz CT molecular complexity index is 560. The zero-order valence-corrected chi connectivity index (χ0v) is 11.1. The Morgan fingerprint density at radius 3 is 2.61 bits per heavy atom. The second kappa shape index (κ2) is 4.76. The van der Waals surface area contributed by atoms with Gasteiger partial charge in [-0.1, -0.05) is 6.07 Å². The number of aromatic nitrogens is 3. The summed E-state index contributed by atoms with van der Waals surface area (Å²) in [6.07, 6.45) is 0. The SMILES string of the molecule is CCn1nc(-c2cc(F)ccc2C)nc1N(C)C. The number of rotatable bonds is 3. The molecule has 0 aliphatic carbocycles. The minimum atomic E-state index is -0.269. The minimum absolute atomic E-state index is 0.269. The molecule has 0 radical (unpaired) electrons. The van der Waals surface area contributed by atoms with Crippen molar-refractivity contribution in [2.45, 2.75) is 20.4 Å². The zero-order chi connectivity index (χ0) is 13.3. The fourth-order valence-electron chi connectivity index (χ4n) is 1.83. The van der Waals surface area contributed by atoms with E-state index in [9.17, 15) is 4.39 Å². The van der Waals surface area contributed by atoms with Gasteiger partial charge in [0.25, 0.3) is 0 Å². The number of halogens is 1. The smallest absolute Gasteiger partial charge is 0.223 e. The van der Waals surface area contributed by atoms with Gasteiger partial charge in [0.1, 0.15) is 5.82 Å². The molecule has 2 rings (SSSR count). The van der Waals surface area contributed by atoms with E-state index in [2.05, 4.69) is 10.1 Å². The van der Waals surface area contributed by atoms with Gasteiger partial charge in [0.15, 0.2) is 5.82 Å². The van der Waals surface area contributed by atoms with Gasteiger partial charge in [-0.3, -0.25) is 0 Å². The van der Waals surface area contributed by atoms with Gasteiger partial charge in [-0.2, -0.15) is 4.98 Å². The first-order valence-electron chi connectivity index (χ1n) is 5.91. The highest BCUT2D eigenvalue weighted by molar-refractivity contribution is 5.61. The molecular weight excluding hydrogens is 231 g/mol. The van der Waals surface area contributed by atoms with Crippen LogP contribution in [-0.2, 0) is 6.54 Å². The molecule has 2 aromatic rings. The highest BCUT2D eigenvalue weighted by Gasteiger charge is 2.14. The van der Waals surface area contributed by atoms with Gasteiger partial charge in [0, 0.05) is 26.2 Å². The molecule has 0 amide bonds. The van der Waals surface area contributed by atoms with Gasteiger partial charge < -0.3 is 4.90 Å². The lowest BCUT2D eigenvalue weighted by Crippen LogP contribution is -2.15. The number of hydrogen-bond donors (Lipinski definition) is 0. The quantitative estimate of drug-likeness (QED) is 0.836. The zero-order valence-electron chi connectivity index (χ0n) is 11.1. The molecule has 96 valence electrons. The average molecular weight is 248 g/mol. The normalized spacial score (nSPS) is 10.7. The van der Waals surface area contributed by atoms with E-state index >= 15 is 0 Å². The van der Waals surface area contributed by atoms with E-state index in [0.29, 0.717) is 5.82 Å². The number of nitrogens with zero attached hydrogens (tertiary/aromatic N) is 4. The topological polar surface area (TPSA) is 34.0 Å². The lowest BCUT2D eigenvalue weighted by atomic mass is 10.1. The first-order valence-corrected chi connectivity index (χ1v) is 5.91. The molecule has 0 N–H and O–H groups in total. The molecule has 0 spiro atoms. The van der Waals surface area contributed by atoms with Crippen LogP contribution in [0.4, 0.5) is 10.3 Å². The second-order valence-electron chi connectivity index (χ2n) is 4.40. The van der Waals surface area contributed by atoms with Crippen molar-refractivity contribution < 1.29 is 4.39 Å². The van der Waals surface area contributed by atoms with Crippen LogP contribution in [0.3, 0.4) is 0 Å². The van der Waals surface area contributed by atoms with Crippen LogP contribution in [-0.4, -0.2) is 28.9 Å². The molecule has 4 nitrogen and oxygen atoms in total. The Balaban J connectivity index is 2.54. The molecule has 18 heavy (non-hydrogen) atoms. The summed E-state index contributed by atoms with van der Waals surface area (Å²) < 4.78 is 15.1. The molecule has 1 heterocycles. The Hall–Kier alpha value is -1.91. The number of anilines is 1. The fourth-order valence-corrected chi connectivity index (χ4v) is 1.83. The summed E-state index contributed by atoms with van der Waals surface area (Å²) in [5.74, 6) is 1.07. The van der Waals surface area contributed by atoms with Crippen LogP contribution < -0.4 is 4.90 Å². The maximum Gasteiger partial charge on any atom is 0.223 e. The number of hydrogen-bond acceptors (Lipinski definition) is 3. The van der Waals surface area contributed by atoms with Gasteiger partial charge >= 0.3 is 0 Å². The minimum Gasteiger partial charge on any atom is -0.347 e. The summed E-state index contributed by atoms with van der Waals surface area (Å²) in [5.41, 5.74) is 1.71. The molecule has 1 aromatic heterocycles. The van der Waals surface area contributed by atoms with Gasteiger partial charge in [-0.25, -0.2) is 9.07 Å². The van der Waals surface area contributed by atoms with Crippen molar-refractivity contribution in [3.05, 3.63) is 29.6 Å². The maximum absolute atomic E-state index is 13.3. The van der Waals surface area contributed by atoms with Crippen molar-refractivity contribution in [1.82, 2.24) is 14.8 Å². The standard InChI is InChI=1S/C13H17FN4/c1-5-18-13(17(3)4)15-12(16-18)11-8-10(14)7-6-9(11)2/h6-8H,5H2,1-4H3. The van der Waals surface area contributed by atoms with Crippen LogP contribution in [0.1, 0.15) is 12.5 Å². The molecule has 0 fully saturated rings. The highest BCUT2D eigenvalue weighted by atomic mass is 19.1. The molecular formula is C13H17FN4. The summed E-state index contributed by atoms with van der Waals surface area (Å²) in [6, 6.07) is 4.67. The van der Waals surface area contributed by atoms with E-state index < -0.39 is 0 Å². The van der Waals surface area contributed by atoms with Gasteiger partial charge in [0.05, 0.1) is 0 Å². The van der Waals surface area contributed by atoms with Crippen LogP contribution in [0.5, 0.6) is 0 Å². The van der Waals surface area contributed by atoms with Crippen LogP contribution in [0, 0.1) is 12.7 Å². The Morgan fingerprint density at radius 1 is 1.33 bits per heavy atom. The first-order chi connectivity index (χ1) is 8.52. The van der Waals surface area contributed by atoms with E-state index in [1.807, 2.05) is 32.8 Å². The van der Waals surface area contributed by atoms with E-state index in [0.717, 1.165) is 23.6 Å². The van der Waals surface area contributed by atoms with Crippen molar-refractivity contribution in [1.29, 1.82) is 0 Å². The lowest BCUT2D eigenvalue weighted by Gasteiger charge is -2.10. The Kier molecular flexibility index (Phi) is 3.32. The summed E-state index contributed by atoms with van der Waals surface area (Å²) in [5, 5.41) is 4.42. The third-order valence-electron chi connectivity index (χ3n) is 2.79. The molecule has 0 saturated carbocycles. The highest BCUT2D eigenvalue weighted by Crippen LogP contribution is 2.23. The largest absolute Gasteiger partial charge is 0.347 e. The van der Waals surface area contributed by atoms with Gasteiger partial charge in [-0.05, 0) is 31.5 Å². The van der Waals surface area contributed by atoms with Crippen LogP contribution in [0.25, 0.3) is 11.4 Å². The molecule has 0 bridgehead atoms. The van der Waals surface area contributed by atoms with E-state index in [1.54, 1.807) is 10.7 Å². The molecule has 5 heteroatoms. The van der Waals surface area contributed by atoms with Gasteiger partial charge in [0.2, 0.25) is 5.95 Å². The third kappa shape index (κ3) is 2.20. The van der Waals surface area contributed by atoms with Crippen molar-refractivity contribution >= 4 is 5.95 Å². The third-order valence-corrected chi connectivity index (χ3v) is 2.79. The first kappa shape index (κ1) is 12.5. The fraction of sp³-hybridized carbons (Fsp3) is 0.385. The van der Waals surface area contributed by atoms with Crippen LogP contribution in [0.15, 0.2) is 18.2 Å². The second-order valence-corrected chi connectivity index (χ2v) is 4.40. The van der Waals surface area contributed by atoms with Crippen LogP contribution in [0.2, 0.25) is 0 Å². The molecule has 0 atom stereocenters. The predicted octanol–water partition coefficient (Wildman–Crippen LogP) is 2.48. The van der Waals surface area contributed by atoms with Crippen molar-refractivity contribution in [3.63, 3.8) is 0 Å². The van der Waals surface area contributed by atoms with Crippen molar-refractivity contribution in [2.75, 3.05) is 19.0 Å². The predicted molar refractivity (Wildman–Crippen MR) is 70.2 cm³/mol. The monoisotopic (exact) mass is 248 g/mol. The van der Waals surface area contributed by atoms with E-state index in [4.69, 9.17) is 0 Å². The summed E-state index contributed by atoms with van der Waals surface area (Å²) in [7, 11) is 3.83. The average Bonchev–Trinajstić information content (AvgIpc) is 2.76. The summed E-state index contributed by atoms with van der Waals surface area (Å²) in [4.78, 5) is 6.36. The summed E-state index contributed by atoms with van der Waals surface area (Å²) in [6.45, 7) is 4.66. The number of benzene rings is 1. The lowest BCUT2D eigenvalue weighted by molar-refractivity contribution is 0.627. The Labute approximate surface area is 106 Å². The molecule has 0 unspecified atom stereocenters. The van der Waals surface area contributed by atoms with Crippen molar-refractivity contribution in [3.8, 4) is 11.4 Å². The van der Waals surface area contributed by atoms with Crippen LogP contribution >= 0.6 is 0 Å². The maximum atomic E-state index is 13.3. The van der Waals surface area contributed by atoms with Crippen molar-refractivity contribution in [2.24, 2.45) is 0 Å². The Morgan fingerprint density at radius 2 is 2.06 bits per heavy atom. The molecule has 1 aromatic carbocycles. The van der Waals surface area contributed by atoms with Gasteiger partial charge in [-0.15, -0.1) is 5.10 Å². The molecule has 0 saturated heterocycles.